The minimum atomic E-state index is -3.24. The first-order chi connectivity index (χ1) is 18.4. The second-order valence-corrected chi connectivity index (χ2v) is 12.5. The Labute approximate surface area is 225 Å². The fourth-order valence-electron chi connectivity index (χ4n) is 5.01. The molecular weight excluding hydrogens is 496 g/mol. The first kappa shape index (κ1) is 26.3. The van der Waals surface area contributed by atoms with Gasteiger partial charge in [0.1, 0.15) is 5.75 Å². The van der Waals surface area contributed by atoms with E-state index in [1.54, 1.807) is 31.2 Å². The molecule has 38 heavy (non-hydrogen) atoms. The van der Waals surface area contributed by atoms with Gasteiger partial charge in [0.05, 0.1) is 23.2 Å². The minimum absolute atomic E-state index is 0.0599. The summed E-state index contributed by atoms with van der Waals surface area (Å²) in [6.45, 7) is 3.62. The highest BCUT2D eigenvalue weighted by Gasteiger charge is 2.22. The fourth-order valence-corrected chi connectivity index (χ4v) is 5.89. The summed E-state index contributed by atoms with van der Waals surface area (Å²) in [4.78, 5) is 15.3. The van der Waals surface area contributed by atoms with Crippen molar-refractivity contribution >= 4 is 27.1 Å². The van der Waals surface area contributed by atoms with Crippen LogP contribution in [0.4, 0.5) is 11.4 Å². The van der Waals surface area contributed by atoms with Gasteiger partial charge in [-0.15, -0.1) is 0 Å². The maximum atomic E-state index is 12.5. The Hall–Kier alpha value is -3.32. The van der Waals surface area contributed by atoms with Gasteiger partial charge < -0.3 is 15.0 Å². The quantitative estimate of drug-likeness (QED) is 0.369. The zero-order chi connectivity index (χ0) is 26.5. The minimum Gasteiger partial charge on any atom is -0.490 e. The van der Waals surface area contributed by atoms with Gasteiger partial charge >= 0.3 is 0 Å². The van der Waals surface area contributed by atoms with Gasteiger partial charge in [0.2, 0.25) is 5.91 Å². The lowest BCUT2D eigenvalue weighted by atomic mass is 9.96. The molecule has 2 aliphatic rings. The number of amides is 1. The summed E-state index contributed by atoms with van der Waals surface area (Å²) in [5, 5.41) is 2.94. The van der Waals surface area contributed by atoms with E-state index in [9.17, 15) is 13.2 Å². The molecule has 0 unspecified atom stereocenters. The number of fused-ring (bicyclic) bond motifs is 1. The van der Waals surface area contributed by atoms with Crippen molar-refractivity contribution in [2.75, 3.05) is 29.1 Å². The molecule has 3 aromatic rings. The van der Waals surface area contributed by atoms with E-state index in [0.29, 0.717) is 6.10 Å². The van der Waals surface area contributed by atoms with Crippen LogP contribution in [0.1, 0.15) is 49.3 Å². The zero-order valence-corrected chi connectivity index (χ0v) is 22.8. The molecule has 0 atom stereocenters. The zero-order valence-electron chi connectivity index (χ0n) is 22.0. The molecule has 0 bridgehead atoms. The highest BCUT2D eigenvalue weighted by atomic mass is 32.2. The molecule has 1 aliphatic heterocycles. The van der Waals surface area contributed by atoms with Crippen molar-refractivity contribution in [3.63, 3.8) is 0 Å². The summed E-state index contributed by atoms with van der Waals surface area (Å²) >= 11 is 0. The summed E-state index contributed by atoms with van der Waals surface area (Å²) in [6, 6.07) is 21.1. The third-order valence-corrected chi connectivity index (χ3v) is 9.31. The topological polar surface area (TPSA) is 75.7 Å². The van der Waals surface area contributed by atoms with Gasteiger partial charge in [0, 0.05) is 30.5 Å². The number of hydrogen-bond donors (Lipinski definition) is 1. The number of sulfone groups is 1. The molecule has 1 amide bonds. The highest BCUT2D eigenvalue weighted by Crippen LogP contribution is 2.33. The van der Waals surface area contributed by atoms with E-state index in [1.807, 2.05) is 12.1 Å². The average molecular weight is 533 g/mol. The van der Waals surface area contributed by atoms with Crippen LogP contribution in [0.2, 0.25) is 0 Å². The van der Waals surface area contributed by atoms with Crippen molar-refractivity contribution in [3.8, 4) is 5.75 Å². The molecule has 5 rings (SSSR count). The highest BCUT2D eigenvalue weighted by molar-refractivity contribution is 7.91. The van der Waals surface area contributed by atoms with Crippen molar-refractivity contribution in [1.82, 2.24) is 0 Å². The summed E-state index contributed by atoms with van der Waals surface area (Å²) in [5.74, 6) is 0.917. The first-order valence-electron chi connectivity index (χ1n) is 13.6. The van der Waals surface area contributed by atoms with Gasteiger partial charge in [-0.3, -0.25) is 4.79 Å². The van der Waals surface area contributed by atoms with Crippen LogP contribution in [-0.2, 0) is 33.9 Å². The normalized spacial score (nSPS) is 15.4. The second kappa shape index (κ2) is 11.6. The van der Waals surface area contributed by atoms with E-state index in [0.717, 1.165) is 62.2 Å². The van der Waals surface area contributed by atoms with E-state index in [2.05, 4.69) is 40.5 Å². The molecule has 200 valence electrons. The lowest BCUT2D eigenvalue weighted by Crippen LogP contribution is -2.31. The largest absolute Gasteiger partial charge is 0.490 e. The number of carbonyl (C=O) groups excluding carboxylic acids is 1. The third-order valence-electron chi connectivity index (χ3n) is 7.56. The third kappa shape index (κ3) is 6.38. The molecule has 6 nitrogen and oxygen atoms in total. The lowest BCUT2D eigenvalue weighted by molar-refractivity contribution is -0.115. The van der Waals surface area contributed by atoms with E-state index in [-0.39, 0.29) is 23.0 Å². The Kier molecular flexibility index (Phi) is 8.03. The molecule has 7 heteroatoms. The molecule has 1 aliphatic carbocycles. The molecule has 1 N–H and O–H groups in total. The van der Waals surface area contributed by atoms with Crippen LogP contribution in [0, 0.1) is 0 Å². The molecule has 0 aromatic heterocycles. The van der Waals surface area contributed by atoms with Crippen LogP contribution >= 0.6 is 0 Å². The predicted molar refractivity (Wildman–Crippen MR) is 152 cm³/mol. The van der Waals surface area contributed by atoms with Crippen LogP contribution in [0.25, 0.3) is 0 Å². The van der Waals surface area contributed by atoms with Crippen molar-refractivity contribution in [3.05, 3.63) is 83.4 Å². The monoisotopic (exact) mass is 532 g/mol. The number of anilines is 2. The lowest BCUT2D eigenvalue weighted by Gasteiger charge is -2.33. The number of carbonyl (C=O) groups is 1. The Bertz CT molecular complexity index is 1360. The maximum Gasteiger partial charge on any atom is 0.228 e. The molecule has 3 aromatic carbocycles. The van der Waals surface area contributed by atoms with Gasteiger partial charge in [-0.25, -0.2) is 8.42 Å². The molecule has 1 saturated carbocycles. The van der Waals surface area contributed by atoms with Crippen LogP contribution in [-0.4, -0.2) is 39.3 Å². The van der Waals surface area contributed by atoms with Crippen LogP contribution in [0.15, 0.2) is 71.6 Å². The maximum absolute atomic E-state index is 12.5. The van der Waals surface area contributed by atoms with Crippen LogP contribution in [0.3, 0.4) is 0 Å². The summed E-state index contributed by atoms with van der Waals surface area (Å²) < 4.78 is 30.1. The average Bonchev–Trinajstić information content (AvgIpc) is 2.90. The first-order valence-corrected chi connectivity index (χ1v) is 15.3. The van der Waals surface area contributed by atoms with Crippen molar-refractivity contribution in [1.29, 1.82) is 0 Å². The standard InChI is InChI=1S/C31H36N2O4S/c1-2-38(35,36)29-16-10-24(11-17-29)21-31(34)32-26-13-8-23(9-14-26)18-20-33-19-4-5-25-12-15-28(22-30(25)33)37-27-6-3-7-27/h8-17,22,27H,2-7,18-21H2,1H3,(H,32,34). The van der Waals surface area contributed by atoms with Crippen molar-refractivity contribution in [2.45, 2.75) is 62.9 Å². The second-order valence-electron chi connectivity index (χ2n) is 10.3. The molecule has 1 fully saturated rings. The number of nitrogens with zero attached hydrogens (tertiary/aromatic N) is 1. The number of aryl methyl sites for hydroxylation is 1. The smallest absolute Gasteiger partial charge is 0.228 e. The molecule has 1 heterocycles. The number of rotatable bonds is 10. The molecule has 0 spiro atoms. The summed E-state index contributed by atoms with van der Waals surface area (Å²) in [6.07, 6.45) is 7.37. The van der Waals surface area contributed by atoms with Crippen LogP contribution in [0.5, 0.6) is 5.75 Å². The fraction of sp³-hybridized carbons (Fsp3) is 0.387. The van der Waals surface area contributed by atoms with Gasteiger partial charge in [-0.1, -0.05) is 37.3 Å². The number of benzene rings is 3. The summed E-state index contributed by atoms with van der Waals surface area (Å²) in [5.41, 5.74) is 5.46. The van der Waals surface area contributed by atoms with Crippen molar-refractivity contribution < 1.29 is 17.9 Å². The van der Waals surface area contributed by atoms with Crippen LogP contribution < -0.4 is 15.0 Å². The number of ether oxygens (including phenoxy) is 1. The predicted octanol–water partition coefficient (Wildman–Crippen LogP) is 5.59. The van der Waals surface area contributed by atoms with Crippen molar-refractivity contribution in [2.24, 2.45) is 0 Å². The SMILES string of the molecule is CCS(=O)(=O)c1ccc(CC(=O)Nc2ccc(CCN3CCCc4ccc(OC5CCC5)cc43)cc2)cc1. The Morgan fingerprint density at radius 3 is 2.39 bits per heavy atom. The molecule has 0 radical (unpaired) electrons. The molecule has 0 saturated heterocycles. The van der Waals surface area contributed by atoms with E-state index < -0.39 is 9.84 Å². The number of hydrogen-bond acceptors (Lipinski definition) is 5. The summed E-state index contributed by atoms with van der Waals surface area (Å²) in [7, 11) is -3.24. The van der Waals surface area contributed by atoms with E-state index >= 15 is 0 Å². The van der Waals surface area contributed by atoms with E-state index in [4.69, 9.17) is 4.74 Å². The Morgan fingerprint density at radius 2 is 1.71 bits per heavy atom. The Balaban J connectivity index is 1.14. The number of nitrogens with one attached hydrogen (secondary N) is 1. The van der Waals surface area contributed by atoms with Gasteiger partial charge in [0.15, 0.2) is 9.84 Å². The Morgan fingerprint density at radius 1 is 0.974 bits per heavy atom. The van der Waals surface area contributed by atoms with Gasteiger partial charge in [-0.05, 0) is 85.5 Å². The van der Waals surface area contributed by atoms with Gasteiger partial charge in [0.25, 0.3) is 0 Å². The van der Waals surface area contributed by atoms with Gasteiger partial charge in [-0.2, -0.15) is 0 Å². The van der Waals surface area contributed by atoms with E-state index in [1.165, 1.54) is 23.2 Å². The molecular formula is C31H36N2O4S.